The van der Waals surface area contributed by atoms with Gasteiger partial charge in [-0.3, -0.25) is 0 Å². The molecule has 0 spiro atoms. The van der Waals surface area contributed by atoms with E-state index in [0.717, 1.165) is 21.9 Å². The Kier molecular flexibility index (Phi) is 4.81. The van der Waals surface area contributed by atoms with Gasteiger partial charge in [-0.05, 0) is 30.5 Å². The summed E-state index contributed by atoms with van der Waals surface area (Å²) in [7, 11) is 0. The molecule has 136 valence electrons. The van der Waals surface area contributed by atoms with Gasteiger partial charge >= 0.3 is 5.69 Å². The molecule has 0 aliphatic carbocycles. The maximum absolute atomic E-state index is 12.8. The van der Waals surface area contributed by atoms with E-state index in [9.17, 15) is 4.79 Å². The number of hydrogen-bond acceptors (Lipinski definition) is 4. The molecule has 2 heterocycles. The first-order chi connectivity index (χ1) is 13.2. The number of aromatic nitrogens is 4. The molecule has 0 atom stereocenters. The Labute approximate surface area is 161 Å². The van der Waals surface area contributed by atoms with Crippen molar-refractivity contribution in [3.8, 4) is 0 Å². The first-order valence-corrected chi connectivity index (χ1v) is 9.73. The standard InChI is InChI=1S/C21H20N4OS/c1-3-17-6-4-5-7-18(17)27-20-19-23-25(21(26)24(19)13-12-22-20)14-16-10-8-15(2)9-11-16/h4-13H,3,14H2,1-2H3. The lowest BCUT2D eigenvalue weighted by Gasteiger charge is -2.06. The van der Waals surface area contributed by atoms with Crippen molar-refractivity contribution < 1.29 is 0 Å². The van der Waals surface area contributed by atoms with Crippen LogP contribution in [0.5, 0.6) is 0 Å². The highest BCUT2D eigenvalue weighted by Crippen LogP contribution is 2.31. The van der Waals surface area contributed by atoms with E-state index >= 15 is 0 Å². The van der Waals surface area contributed by atoms with Gasteiger partial charge in [0.1, 0.15) is 5.03 Å². The average molecular weight is 376 g/mol. The Morgan fingerprint density at radius 1 is 1.07 bits per heavy atom. The number of hydrogen-bond donors (Lipinski definition) is 0. The Balaban J connectivity index is 1.73. The van der Waals surface area contributed by atoms with Gasteiger partial charge in [-0.2, -0.15) is 0 Å². The van der Waals surface area contributed by atoms with E-state index in [4.69, 9.17) is 0 Å². The van der Waals surface area contributed by atoms with Crippen molar-refractivity contribution in [3.63, 3.8) is 0 Å². The molecule has 6 heteroatoms. The minimum Gasteiger partial charge on any atom is -0.246 e. The molecule has 0 radical (unpaired) electrons. The second kappa shape index (κ2) is 7.40. The van der Waals surface area contributed by atoms with E-state index < -0.39 is 0 Å². The summed E-state index contributed by atoms with van der Waals surface area (Å²) in [4.78, 5) is 18.4. The summed E-state index contributed by atoms with van der Waals surface area (Å²) in [6, 6.07) is 16.4. The molecule has 0 saturated heterocycles. The molecule has 0 saturated carbocycles. The van der Waals surface area contributed by atoms with Gasteiger partial charge in [-0.15, -0.1) is 5.10 Å². The molecular formula is C21H20N4OS. The maximum atomic E-state index is 12.8. The van der Waals surface area contributed by atoms with Crippen LogP contribution in [0.4, 0.5) is 0 Å². The van der Waals surface area contributed by atoms with Crippen LogP contribution < -0.4 is 5.69 Å². The van der Waals surface area contributed by atoms with E-state index in [1.807, 2.05) is 43.3 Å². The van der Waals surface area contributed by atoms with Crippen LogP contribution in [0.15, 0.2) is 75.6 Å². The molecule has 0 bridgehead atoms. The van der Waals surface area contributed by atoms with Gasteiger partial charge in [0, 0.05) is 17.3 Å². The zero-order chi connectivity index (χ0) is 18.8. The predicted octanol–water partition coefficient (Wildman–Crippen LogP) is 3.96. The Morgan fingerprint density at radius 3 is 2.63 bits per heavy atom. The summed E-state index contributed by atoms with van der Waals surface area (Å²) in [5.74, 6) is 0. The van der Waals surface area contributed by atoms with Crippen LogP contribution >= 0.6 is 11.8 Å². The van der Waals surface area contributed by atoms with Gasteiger partial charge < -0.3 is 0 Å². The molecule has 27 heavy (non-hydrogen) atoms. The van der Waals surface area contributed by atoms with Crippen LogP contribution in [-0.2, 0) is 13.0 Å². The maximum Gasteiger partial charge on any atom is 0.350 e. The van der Waals surface area contributed by atoms with Crippen LogP contribution in [0.2, 0.25) is 0 Å². The highest BCUT2D eigenvalue weighted by molar-refractivity contribution is 7.99. The van der Waals surface area contributed by atoms with Crippen molar-refractivity contribution in [1.29, 1.82) is 0 Å². The monoisotopic (exact) mass is 376 g/mol. The van der Waals surface area contributed by atoms with Crippen molar-refractivity contribution in [2.24, 2.45) is 0 Å². The van der Waals surface area contributed by atoms with E-state index in [-0.39, 0.29) is 5.69 Å². The lowest BCUT2D eigenvalue weighted by Crippen LogP contribution is -2.21. The Bertz CT molecular complexity index is 1150. The Morgan fingerprint density at radius 2 is 1.85 bits per heavy atom. The summed E-state index contributed by atoms with van der Waals surface area (Å²) >= 11 is 1.55. The van der Waals surface area contributed by atoms with E-state index in [0.29, 0.717) is 12.2 Å². The van der Waals surface area contributed by atoms with Crippen molar-refractivity contribution >= 4 is 17.4 Å². The van der Waals surface area contributed by atoms with Gasteiger partial charge in [-0.25, -0.2) is 18.9 Å². The summed E-state index contributed by atoms with van der Waals surface area (Å²) in [6.45, 7) is 4.62. The van der Waals surface area contributed by atoms with Gasteiger partial charge in [-0.1, -0.05) is 66.7 Å². The topological polar surface area (TPSA) is 52.2 Å². The number of benzene rings is 2. The molecule has 4 aromatic rings. The first kappa shape index (κ1) is 17.5. The SMILES string of the molecule is CCc1ccccc1Sc1nccn2c(=O)n(Cc3ccc(C)cc3)nc12. The zero-order valence-corrected chi connectivity index (χ0v) is 16.1. The molecule has 2 aromatic heterocycles. The Hall–Kier alpha value is -2.86. The van der Waals surface area contributed by atoms with Gasteiger partial charge in [0.15, 0.2) is 5.65 Å². The normalized spacial score (nSPS) is 11.2. The van der Waals surface area contributed by atoms with E-state index in [2.05, 4.69) is 29.1 Å². The fraction of sp³-hybridized carbons (Fsp3) is 0.190. The molecular weight excluding hydrogens is 356 g/mol. The van der Waals surface area contributed by atoms with Crippen molar-refractivity contribution in [2.75, 3.05) is 0 Å². The molecule has 5 nitrogen and oxygen atoms in total. The number of rotatable bonds is 5. The van der Waals surface area contributed by atoms with E-state index in [1.54, 1.807) is 28.6 Å². The summed E-state index contributed by atoms with van der Waals surface area (Å²) in [5, 5.41) is 5.30. The predicted molar refractivity (Wildman–Crippen MR) is 107 cm³/mol. The third-order valence-electron chi connectivity index (χ3n) is 4.48. The van der Waals surface area contributed by atoms with Gasteiger partial charge in [0.25, 0.3) is 0 Å². The highest BCUT2D eigenvalue weighted by Gasteiger charge is 2.14. The molecule has 0 aliphatic heterocycles. The van der Waals surface area contributed by atoms with Crippen LogP contribution in [0.3, 0.4) is 0 Å². The van der Waals surface area contributed by atoms with Gasteiger partial charge in [0.05, 0.1) is 6.54 Å². The van der Waals surface area contributed by atoms with Crippen LogP contribution in [0.1, 0.15) is 23.6 Å². The molecule has 0 N–H and O–H groups in total. The first-order valence-electron chi connectivity index (χ1n) is 8.91. The quantitative estimate of drug-likeness (QED) is 0.529. The van der Waals surface area contributed by atoms with Gasteiger partial charge in [0.2, 0.25) is 0 Å². The number of nitrogens with zero attached hydrogens (tertiary/aromatic N) is 4. The second-order valence-electron chi connectivity index (χ2n) is 6.42. The van der Waals surface area contributed by atoms with Crippen LogP contribution in [0.25, 0.3) is 5.65 Å². The van der Waals surface area contributed by atoms with Crippen molar-refractivity contribution in [3.05, 3.63) is 88.1 Å². The lowest BCUT2D eigenvalue weighted by atomic mass is 10.1. The molecule has 0 aliphatic rings. The number of fused-ring (bicyclic) bond motifs is 1. The zero-order valence-electron chi connectivity index (χ0n) is 15.3. The number of aryl methyl sites for hydroxylation is 2. The van der Waals surface area contributed by atoms with E-state index in [1.165, 1.54) is 15.8 Å². The molecule has 4 rings (SSSR count). The fourth-order valence-corrected chi connectivity index (χ4v) is 4.01. The molecule has 0 fully saturated rings. The van der Waals surface area contributed by atoms with Crippen molar-refractivity contribution in [2.45, 2.75) is 36.7 Å². The fourth-order valence-electron chi connectivity index (χ4n) is 2.97. The smallest absolute Gasteiger partial charge is 0.246 e. The highest BCUT2D eigenvalue weighted by atomic mass is 32.2. The second-order valence-corrected chi connectivity index (χ2v) is 7.45. The summed E-state index contributed by atoms with van der Waals surface area (Å²) in [5.41, 5.74) is 3.93. The summed E-state index contributed by atoms with van der Waals surface area (Å²) in [6.07, 6.45) is 4.27. The molecule has 0 amide bonds. The average Bonchev–Trinajstić information content (AvgIpc) is 3.01. The van der Waals surface area contributed by atoms with Crippen molar-refractivity contribution in [1.82, 2.24) is 19.2 Å². The third kappa shape index (κ3) is 3.53. The molecule has 0 unspecified atom stereocenters. The minimum absolute atomic E-state index is 0.154. The summed E-state index contributed by atoms with van der Waals surface area (Å²) < 4.78 is 3.07. The largest absolute Gasteiger partial charge is 0.350 e. The van der Waals surface area contributed by atoms with Crippen LogP contribution in [-0.4, -0.2) is 19.2 Å². The molecule has 2 aromatic carbocycles. The third-order valence-corrected chi connectivity index (χ3v) is 5.58. The minimum atomic E-state index is -0.154. The lowest BCUT2D eigenvalue weighted by molar-refractivity contribution is 0.658. The van der Waals surface area contributed by atoms with Crippen LogP contribution in [0, 0.1) is 6.92 Å².